The average molecular weight is 435 g/mol. The highest BCUT2D eigenvalue weighted by Crippen LogP contribution is 2.17. The van der Waals surface area contributed by atoms with E-state index in [9.17, 15) is 14.4 Å². The Balaban J connectivity index is 2.27. The molecular weight excluding hydrogens is 414 g/mol. The molecule has 33 heavy (non-hydrogen) atoms. The van der Waals surface area contributed by atoms with Crippen LogP contribution in [-0.4, -0.2) is 13.7 Å². The molecule has 1 heterocycles. The summed E-state index contributed by atoms with van der Waals surface area (Å²) in [6, 6.07) is 20.6. The van der Waals surface area contributed by atoms with Gasteiger partial charge < -0.3 is 0 Å². The molecular formula is C27H21N3O3. The van der Waals surface area contributed by atoms with E-state index in [1.54, 1.807) is 91.0 Å². The zero-order valence-corrected chi connectivity index (χ0v) is 17.8. The molecule has 4 aromatic rings. The molecule has 0 radical (unpaired) electrons. The molecule has 3 aromatic carbocycles. The van der Waals surface area contributed by atoms with Crippen LogP contribution in [0.25, 0.3) is 35.3 Å². The van der Waals surface area contributed by atoms with E-state index < -0.39 is 17.1 Å². The SMILES string of the molecule is C=Cc1ccccc1-n1c(=O)n(-c2ccccc2C=C)c(=O)n(-c2ccccc2C=C)c1=O. The molecule has 0 unspecified atom stereocenters. The maximum absolute atomic E-state index is 13.7. The van der Waals surface area contributed by atoms with Crippen molar-refractivity contribution in [2.24, 2.45) is 0 Å². The summed E-state index contributed by atoms with van der Waals surface area (Å²) in [5, 5.41) is 0. The Bertz CT molecular complexity index is 1370. The number of aromatic nitrogens is 3. The molecule has 162 valence electrons. The first-order chi connectivity index (χ1) is 16.0. The lowest BCUT2D eigenvalue weighted by Gasteiger charge is -2.17. The second-order valence-electron chi connectivity index (χ2n) is 7.14. The highest BCUT2D eigenvalue weighted by Gasteiger charge is 2.22. The highest BCUT2D eigenvalue weighted by molar-refractivity contribution is 5.62. The minimum absolute atomic E-state index is 0.317. The number of rotatable bonds is 6. The molecule has 0 bridgehead atoms. The molecule has 6 heteroatoms. The topological polar surface area (TPSA) is 66.0 Å². The molecule has 0 amide bonds. The molecule has 0 fully saturated rings. The van der Waals surface area contributed by atoms with Crippen molar-refractivity contribution in [1.29, 1.82) is 0 Å². The summed E-state index contributed by atoms with van der Waals surface area (Å²) in [6.45, 7) is 11.4. The fourth-order valence-corrected chi connectivity index (χ4v) is 3.76. The molecule has 0 spiro atoms. The molecule has 6 nitrogen and oxygen atoms in total. The molecule has 0 saturated carbocycles. The van der Waals surface area contributed by atoms with Gasteiger partial charge >= 0.3 is 17.1 Å². The van der Waals surface area contributed by atoms with Crippen LogP contribution in [-0.2, 0) is 0 Å². The van der Waals surface area contributed by atoms with E-state index in [2.05, 4.69) is 19.7 Å². The Morgan fingerprint density at radius 1 is 0.455 bits per heavy atom. The lowest BCUT2D eigenvalue weighted by atomic mass is 10.1. The minimum Gasteiger partial charge on any atom is -0.246 e. The first-order valence-electron chi connectivity index (χ1n) is 10.2. The summed E-state index contributed by atoms with van der Waals surface area (Å²) in [4.78, 5) is 41.1. The smallest absolute Gasteiger partial charge is 0.246 e. The first kappa shape index (κ1) is 21.5. The number of hydrogen-bond acceptors (Lipinski definition) is 3. The maximum Gasteiger partial charge on any atom is 0.345 e. The van der Waals surface area contributed by atoms with Crippen LogP contribution < -0.4 is 17.1 Å². The predicted octanol–water partition coefficient (Wildman–Crippen LogP) is 4.07. The third kappa shape index (κ3) is 3.53. The monoisotopic (exact) mass is 435 g/mol. The van der Waals surface area contributed by atoms with Crippen LogP contribution >= 0.6 is 0 Å². The molecule has 4 rings (SSSR count). The fourth-order valence-electron chi connectivity index (χ4n) is 3.76. The number of hydrogen-bond donors (Lipinski definition) is 0. The van der Waals surface area contributed by atoms with Crippen LogP contribution in [0.3, 0.4) is 0 Å². The number of benzene rings is 3. The van der Waals surface area contributed by atoms with Gasteiger partial charge in [0.15, 0.2) is 0 Å². The van der Waals surface area contributed by atoms with Crippen LogP contribution in [0.15, 0.2) is 107 Å². The Morgan fingerprint density at radius 3 is 0.939 bits per heavy atom. The van der Waals surface area contributed by atoms with Crippen LogP contribution in [0.5, 0.6) is 0 Å². The molecule has 0 N–H and O–H groups in total. The van der Waals surface area contributed by atoms with Gasteiger partial charge in [-0.1, -0.05) is 92.6 Å². The van der Waals surface area contributed by atoms with E-state index in [4.69, 9.17) is 0 Å². The maximum atomic E-state index is 13.7. The normalized spacial score (nSPS) is 10.5. The Labute approximate surface area is 189 Å². The van der Waals surface area contributed by atoms with E-state index in [1.807, 2.05) is 0 Å². The summed E-state index contributed by atoms with van der Waals surface area (Å²) >= 11 is 0. The van der Waals surface area contributed by atoms with Crippen molar-refractivity contribution in [2.45, 2.75) is 0 Å². The van der Waals surface area contributed by atoms with Gasteiger partial charge in [0.1, 0.15) is 0 Å². The summed E-state index contributed by atoms with van der Waals surface area (Å²) < 4.78 is 2.95. The quantitative estimate of drug-likeness (QED) is 0.459. The summed E-state index contributed by atoms with van der Waals surface area (Å²) in [5.41, 5.74) is 0.293. The summed E-state index contributed by atoms with van der Waals surface area (Å²) in [6.07, 6.45) is 4.66. The minimum atomic E-state index is -0.791. The van der Waals surface area contributed by atoms with E-state index in [-0.39, 0.29) is 0 Å². The lowest BCUT2D eigenvalue weighted by Crippen LogP contribution is -2.53. The third-order valence-electron chi connectivity index (χ3n) is 5.34. The van der Waals surface area contributed by atoms with Gasteiger partial charge in [0.2, 0.25) is 0 Å². The standard InChI is InChI=1S/C27H21N3O3/c1-4-19-13-7-10-16-22(19)28-25(31)29(23-17-11-8-14-20(23)5-2)27(33)30(26(28)32)24-18-12-9-15-21(24)6-3/h4-18H,1-3H2. The largest absolute Gasteiger partial charge is 0.345 e. The Morgan fingerprint density at radius 2 is 0.697 bits per heavy atom. The Hall–Kier alpha value is -4.71. The van der Waals surface area contributed by atoms with Gasteiger partial charge in [0.25, 0.3) is 0 Å². The summed E-state index contributed by atoms with van der Waals surface area (Å²) in [7, 11) is 0. The van der Waals surface area contributed by atoms with E-state index >= 15 is 0 Å². The number of para-hydroxylation sites is 3. The predicted molar refractivity (Wildman–Crippen MR) is 134 cm³/mol. The molecule has 0 aliphatic heterocycles. The molecule has 0 aliphatic carbocycles. The molecule has 1 aromatic heterocycles. The van der Waals surface area contributed by atoms with E-state index in [0.29, 0.717) is 33.8 Å². The van der Waals surface area contributed by atoms with Crippen molar-refractivity contribution in [2.75, 3.05) is 0 Å². The second-order valence-corrected chi connectivity index (χ2v) is 7.14. The molecule has 0 aliphatic rings. The molecule has 0 saturated heterocycles. The van der Waals surface area contributed by atoms with Crippen LogP contribution in [0, 0.1) is 0 Å². The van der Waals surface area contributed by atoms with Gasteiger partial charge in [-0.05, 0) is 34.9 Å². The summed E-state index contributed by atoms with van der Waals surface area (Å²) in [5.74, 6) is 0. The van der Waals surface area contributed by atoms with Crippen LogP contribution in [0.4, 0.5) is 0 Å². The van der Waals surface area contributed by atoms with E-state index in [1.165, 1.54) is 0 Å². The van der Waals surface area contributed by atoms with Crippen molar-refractivity contribution < 1.29 is 0 Å². The van der Waals surface area contributed by atoms with Gasteiger partial charge in [-0.2, -0.15) is 0 Å². The van der Waals surface area contributed by atoms with Gasteiger partial charge in [0.05, 0.1) is 17.1 Å². The highest BCUT2D eigenvalue weighted by atomic mass is 16.2. The van der Waals surface area contributed by atoms with E-state index in [0.717, 1.165) is 13.7 Å². The lowest BCUT2D eigenvalue weighted by molar-refractivity contribution is 0.658. The molecule has 0 atom stereocenters. The second kappa shape index (κ2) is 8.80. The van der Waals surface area contributed by atoms with Gasteiger partial charge in [-0.3, -0.25) is 0 Å². The van der Waals surface area contributed by atoms with Crippen molar-refractivity contribution in [3.8, 4) is 17.1 Å². The zero-order valence-electron chi connectivity index (χ0n) is 17.8. The number of nitrogens with zero attached hydrogens (tertiary/aromatic N) is 3. The average Bonchev–Trinajstić information content (AvgIpc) is 2.85. The van der Waals surface area contributed by atoms with Crippen LogP contribution in [0.2, 0.25) is 0 Å². The zero-order chi connectivity index (χ0) is 23.5. The van der Waals surface area contributed by atoms with Crippen molar-refractivity contribution in [3.05, 3.63) is 141 Å². The van der Waals surface area contributed by atoms with Gasteiger partial charge in [-0.15, -0.1) is 0 Å². The fraction of sp³-hybridized carbons (Fsp3) is 0. The van der Waals surface area contributed by atoms with Crippen molar-refractivity contribution in [1.82, 2.24) is 13.7 Å². The third-order valence-corrected chi connectivity index (χ3v) is 5.34. The van der Waals surface area contributed by atoms with Gasteiger partial charge in [-0.25, -0.2) is 28.1 Å². The van der Waals surface area contributed by atoms with Gasteiger partial charge in [0, 0.05) is 0 Å². The van der Waals surface area contributed by atoms with Crippen LogP contribution in [0.1, 0.15) is 16.7 Å². The Kier molecular flexibility index (Phi) is 5.74. The first-order valence-corrected chi connectivity index (χ1v) is 10.2. The van der Waals surface area contributed by atoms with Crippen molar-refractivity contribution in [3.63, 3.8) is 0 Å². The van der Waals surface area contributed by atoms with Crippen molar-refractivity contribution >= 4 is 18.2 Å².